The minimum atomic E-state index is -0.571. The number of nitrogens with zero attached hydrogens (tertiary/aromatic N) is 7. The Hall–Kier alpha value is -9.61. The van der Waals surface area contributed by atoms with E-state index in [1.807, 2.05) is 88.0 Å². The number of piperidine rings is 1. The van der Waals surface area contributed by atoms with Crippen molar-refractivity contribution in [2.24, 2.45) is 0 Å². The lowest BCUT2D eigenvalue weighted by Gasteiger charge is -2.26. The average Bonchev–Trinajstić information content (AvgIpc) is 4.33. The van der Waals surface area contributed by atoms with Crippen LogP contribution in [0.1, 0.15) is 73.8 Å². The maximum absolute atomic E-state index is 13.7. The van der Waals surface area contributed by atoms with Crippen molar-refractivity contribution in [2.45, 2.75) is 60.8 Å². The van der Waals surface area contributed by atoms with Crippen LogP contribution < -0.4 is 16.0 Å². The van der Waals surface area contributed by atoms with Gasteiger partial charge in [0.2, 0.25) is 0 Å². The smallest absolute Gasteiger partial charge is 0.323 e. The summed E-state index contributed by atoms with van der Waals surface area (Å²) in [7, 11) is 0. The zero-order valence-electron chi connectivity index (χ0n) is 44.7. The summed E-state index contributed by atoms with van der Waals surface area (Å²) in [5, 5.41) is 23.7. The van der Waals surface area contributed by atoms with Crippen LogP contribution in [0.5, 0.6) is 0 Å². The molecule has 0 bridgehead atoms. The van der Waals surface area contributed by atoms with Gasteiger partial charge in [-0.25, -0.2) is 24.1 Å². The first-order valence-corrected chi connectivity index (χ1v) is 26.2. The lowest BCUT2D eigenvalue weighted by molar-refractivity contribution is 0.101. The maximum atomic E-state index is 13.7. The molecule has 0 atom stereocenters. The molecule has 11 aromatic rings. The van der Waals surface area contributed by atoms with E-state index in [0.29, 0.717) is 33.6 Å². The van der Waals surface area contributed by atoms with Crippen molar-refractivity contribution in [3.63, 3.8) is 0 Å². The molecule has 80 heavy (non-hydrogen) atoms. The van der Waals surface area contributed by atoms with Crippen LogP contribution in [0.4, 0.5) is 26.6 Å². The number of hydrogen-bond donors (Lipinski definition) is 3. The summed E-state index contributed by atoms with van der Waals surface area (Å²) < 4.78 is 29.8. The van der Waals surface area contributed by atoms with Gasteiger partial charge >= 0.3 is 6.03 Å². The van der Waals surface area contributed by atoms with Crippen molar-refractivity contribution in [2.75, 3.05) is 29.0 Å². The molecule has 1 fully saturated rings. The summed E-state index contributed by atoms with van der Waals surface area (Å²) in [6.45, 7) is 13.5. The van der Waals surface area contributed by atoms with Crippen LogP contribution in [0.25, 0.3) is 66.3 Å². The van der Waals surface area contributed by atoms with Crippen LogP contribution in [0, 0.1) is 47.4 Å². The summed E-state index contributed by atoms with van der Waals surface area (Å²) in [6, 6.07) is 35.7. The van der Waals surface area contributed by atoms with E-state index in [0.717, 1.165) is 120 Å². The van der Waals surface area contributed by atoms with Crippen molar-refractivity contribution in [3.05, 3.63) is 196 Å². The second-order valence-electron chi connectivity index (χ2n) is 19.4. The number of likely N-dealkylation sites (tertiary alicyclic amines) is 1. The third-order valence-corrected chi connectivity index (χ3v) is 14.1. The number of fused-ring (bicyclic) bond motifs is 3. The molecule has 0 unspecified atom stereocenters. The molecule has 6 aromatic heterocycles. The Morgan fingerprint density at radius 3 is 1.27 bits per heavy atom. The van der Waals surface area contributed by atoms with E-state index < -0.39 is 11.7 Å². The van der Waals surface area contributed by atoms with E-state index in [1.54, 1.807) is 61.1 Å². The van der Waals surface area contributed by atoms with Crippen LogP contribution in [-0.2, 0) is 0 Å². The van der Waals surface area contributed by atoms with Crippen LogP contribution in [-0.4, -0.2) is 66.3 Å². The molecule has 0 aliphatic carbocycles. The monoisotopic (exact) mass is 1090 g/mol. The summed E-state index contributed by atoms with van der Waals surface area (Å²) in [6.07, 6.45) is 8.51. The largest absolute Gasteiger partial charge is 0.356 e. The summed E-state index contributed by atoms with van der Waals surface area (Å²) >= 11 is 6.06. The molecular weight excluding hydrogens is 1040 g/mol. The van der Waals surface area contributed by atoms with Gasteiger partial charge in [-0.1, -0.05) is 51.3 Å². The van der Waals surface area contributed by atoms with Crippen LogP contribution >= 0.6 is 11.6 Å². The number of aryl methyl sites for hydroxylation is 6. The van der Waals surface area contributed by atoms with E-state index in [2.05, 4.69) is 65.4 Å². The third-order valence-electron chi connectivity index (χ3n) is 13.8. The van der Waals surface area contributed by atoms with Gasteiger partial charge in [-0.2, -0.15) is 0 Å². The number of hydrogen-bond acceptors (Lipinski definition) is 12. The molecule has 4 amide bonds. The Kier molecular flexibility index (Phi) is 15.8. The maximum Gasteiger partial charge on any atom is 0.323 e. The highest BCUT2D eigenvalue weighted by atomic mass is 35.5. The van der Waals surface area contributed by atoms with Gasteiger partial charge in [-0.3, -0.25) is 14.9 Å². The minimum Gasteiger partial charge on any atom is -0.356 e. The van der Waals surface area contributed by atoms with Crippen molar-refractivity contribution >= 4 is 79.8 Å². The zero-order valence-corrected chi connectivity index (χ0v) is 45.4. The number of nitrogens with one attached hydrogen (secondary N) is 3. The molecule has 16 nitrogen and oxygen atoms in total. The van der Waals surface area contributed by atoms with Crippen LogP contribution in [0.2, 0.25) is 5.02 Å². The summed E-state index contributed by atoms with van der Waals surface area (Å²) in [5.41, 5.74) is 14.3. The first kappa shape index (κ1) is 53.8. The van der Waals surface area contributed by atoms with Crippen molar-refractivity contribution in [1.82, 2.24) is 35.3 Å². The lowest BCUT2D eigenvalue weighted by Crippen LogP contribution is -2.38. The Bertz CT molecular complexity index is 3890. The van der Waals surface area contributed by atoms with Gasteiger partial charge in [0.05, 0.1) is 33.2 Å². The second kappa shape index (κ2) is 23.6. The van der Waals surface area contributed by atoms with Gasteiger partial charge in [0.1, 0.15) is 23.3 Å². The fourth-order valence-corrected chi connectivity index (χ4v) is 9.62. The minimum absolute atomic E-state index is 0.0228. The number of urea groups is 1. The number of benzene rings is 5. The highest BCUT2D eigenvalue weighted by Crippen LogP contribution is 2.33. The second-order valence-corrected chi connectivity index (χ2v) is 19.8. The fourth-order valence-electron chi connectivity index (χ4n) is 9.40. The average molecular weight is 1090 g/mol. The van der Waals surface area contributed by atoms with E-state index in [-0.39, 0.29) is 17.5 Å². The standard InChI is InChI=1S/C21H16ClN3O2.C21H16FN3O2.C20H22N4O2/c2*1-12-9-17-13(2)25-27-19(17)10-16(12)14-7-8-20(23-11-14)24-21(26)15-5-3-4-6-18(15)22;1-13-10-17-14(2)23-26-18(17)11-16(13)15-6-7-19(21-12-15)22-20(25)24-8-4-3-5-9-24/h2*3-11H,1-2H3,(H,23,24,26);6-7,10-12H,3-5,8-9H2,1-2H3,(H,21,22,25). The SMILES string of the molecule is Cc1cc2c(C)noc2cc1-c1ccc(NC(=O)N2CCCCC2)nc1.Cc1cc2c(C)noc2cc1-c1ccc(NC(=O)c2ccccc2Cl)nc1.Cc1cc2c(C)noc2cc1-c1ccc(NC(=O)c2ccccc2F)nc1. The molecule has 1 aliphatic heterocycles. The molecule has 1 aliphatic rings. The highest BCUT2D eigenvalue weighted by molar-refractivity contribution is 6.34. The Labute approximate surface area is 464 Å². The number of halogens is 2. The summed E-state index contributed by atoms with van der Waals surface area (Å²) in [4.78, 5) is 51.7. The first-order chi connectivity index (χ1) is 38.7. The van der Waals surface area contributed by atoms with E-state index in [9.17, 15) is 18.8 Å². The molecule has 18 heteroatoms. The molecule has 0 saturated carbocycles. The highest BCUT2D eigenvalue weighted by Gasteiger charge is 2.19. The van der Waals surface area contributed by atoms with Crippen LogP contribution in [0.15, 0.2) is 153 Å². The van der Waals surface area contributed by atoms with Crippen LogP contribution in [0.3, 0.4) is 0 Å². The summed E-state index contributed by atoms with van der Waals surface area (Å²) in [5.74, 6) is -0.0331. The van der Waals surface area contributed by atoms with Gasteiger partial charge in [0.25, 0.3) is 11.8 Å². The van der Waals surface area contributed by atoms with Gasteiger partial charge in [-0.05, 0) is 191 Å². The van der Waals surface area contributed by atoms with Crippen molar-refractivity contribution < 1.29 is 32.3 Å². The van der Waals surface area contributed by atoms with Gasteiger partial charge < -0.3 is 29.1 Å². The van der Waals surface area contributed by atoms with Crippen molar-refractivity contribution in [3.8, 4) is 33.4 Å². The molecule has 12 rings (SSSR count). The lowest BCUT2D eigenvalue weighted by atomic mass is 10.00. The first-order valence-electron chi connectivity index (χ1n) is 25.8. The van der Waals surface area contributed by atoms with E-state index >= 15 is 0 Å². The topological polar surface area (TPSA) is 207 Å². The molecule has 0 spiro atoms. The van der Waals surface area contributed by atoms with Gasteiger partial charge in [0, 0.05) is 64.5 Å². The Balaban J connectivity index is 0.000000135. The van der Waals surface area contributed by atoms with E-state index in [4.69, 9.17) is 25.2 Å². The number of aromatic nitrogens is 6. The molecule has 7 heterocycles. The quantitative estimate of drug-likeness (QED) is 0.130. The number of rotatable bonds is 8. The predicted molar refractivity (Wildman–Crippen MR) is 308 cm³/mol. The number of anilines is 3. The molecule has 402 valence electrons. The van der Waals surface area contributed by atoms with Gasteiger partial charge in [0.15, 0.2) is 16.7 Å². The third kappa shape index (κ3) is 11.9. The molecule has 1 saturated heterocycles. The number of carbonyl (C=O) groups excluding carboxylic acids is 3. The number of pyridine rings is 3. The Morgan fingerprint density at radius 1 is 0.487 bits per heavy atom. The molecule has 3 N–H and O–H groups in total. The molecule has 5 aromatic carbocycles. The van der Waals surface area contributed by atoms with Crippen molar-refractivity contribution in [1.29, 1.82) is 0 Å². The molecular formula is C62H54ClFN10O6. The van der Waals surface area contributed by atoms with Gasteiger partial charge in [-0.15, -0.1) is 0 Å². The number of amides is 4. The normalized spacial score (nSPS) is 12.1. The predicted octanol–water partition coefficient (Wildman–Crippen LogP) is 14.8. The Morgan fingerprint density at radius 2 is 0.875 bits per heavy atom. The molecule has 0 radical (unpaired) electrons. The zero-order chi connectivity index (χ0) is 56.0. The fraction of sp³-hybridized carbons (Fsp3) is 0.177. The van der Waals surface area contributed by atoms with E-state index in [1.165, 1.54) is 24.6 Å². The number of carbonyl (C=O) groups is 3.